The van der Waals surface area contributed by atoms with Crippen molar-refractivity contribution in [2.75, 3.05) is 12.4 Å². The summed E-state index contributed by atoms with van der Waals surface area (Å²) in [5.41, 5.74) is 1.23. The second kappa shape index (κ2) is 9.24. The van der Waals surface area contributed by atoms with Gasteiger partial charge in [0.1, 0.15) is 0 Å². The maximum absolute atomic E-state index is 12.9. The number of hydrogen-bond donors (Lipinski definition) is 2. The number of sulfonamides is 1. The molecule has 10 heteroatoms. The summed E-state index contributed by atoms with van der Waals surface area (Å²) in [5, 5.41) is 2.57. The first kappa shape index (κ1) is 24.0. The van der Waals surface area contributed by atoms with Crippen LogP contribution >= 0.6 is 0 Å². The number of amides is 1. The van der Waals surface area contributed by atoms with Gasteiger partial charge in [0.15, 0.2) is 17.7 Å². The zero-order valence-corrected chi connectivity index (χ0v) is 19.5. The molecule has 0 saturated carbocycles. The third-order valence-electron chi connectivity index (χ3n) is 5.49. The van der Waals surface area contributed by atoms with E-state index in [1.165, 1.54) is 50.4 Å². The SMILES string of the molecule is CNS(=O)(=O)c1cccc(C(=O)O[C@@H](C)C(=O)Nc2ccc3c(c2)C(=O)c2ccccc2C3=O)c1. The van der Waals surface area contributed by atoms with Crippen molar-refractivity contribution in [1.82, 2.24) is 4.72 Å². The number of anilines is 1. The molecule has 1 amide bonds. The van der Waals surface area contributed by atoms with Crippen LogP contribution in [0.3, 0.4) is 0 Å². The van der Waals surface area contributed by atoms with Gasteiger partial charge in [0, 0.05) is 27.9 Å². The van der Waals surface area contributed by atoms with E-state index in [2.05, 4.69) is 10.0 Å². The van der Waals surface area contributed by atoms with Crippen LogP contribution < -0.4 is 10.0 Å². The lowest BCUT2D eigenvalue weighted by atomic mass is 9.84. The maximum Gasteiger partial charge on any atom is 0.338 e. The highest BCUT2D eigenvalue weighted by Crippen LogP contribution is 2.29. The summed E-state index contributed by atoms with van der Waals surface area (Å²) in [5.74, 6) is -2.17. The molecule has 0 bridgehead atoms. The van der Waals surface area contributed by atoms with Gasteiger partial charge in [0.25, 0.3) is 5.91 Å². The first-order valence-corrected chi connectivity index (χ1v) is 12.0. The molecule has 9 nitrogen and oxygen atoms in total. The van der Waals surface area contributed by atoms with Crippen molar-refractivity contribution in [2.24, 2.45) is 0 Å². The van der Waals surface area contributed by atoms with E-state index in [0.29, 0.717) is 11.1 Å². The average Bonchev–Trinajstić information content (AvgIpc) is 2.87. The molecule has 4 rings (SSSR count). The molecule has 0 saturated heterocycles. The summed E-state index contributed by atoms with van der Waals surface area (Å²) in [6, 6.07) is 16.1. The second-order valence-electron chi connectivity index (χ2n) is 7.74. The Bertz CT molecular complexity index is 1500. The van der Waals surface area contributed by atoms with Crippen molar-refractivity contribution in [3.8, 4) is 0 Å². The number of rotatable bonds is 6. The van der Waals surface area contributed by atoms with E-state index in [9.17, 15) is 27.6 Å². The molecule has 0 radical (unpaired) electrons. The van der Waals surface area contributed by atoms with Crippen LogP contribution in [0.5, 0.6) is 0 Å². The number of ketones is 2. The van der Waals surface area contributed by atoms with Crippen LogP contribution in [-0.4, -0.2) is 45.0 Å². The molecule has 3 aromatic carbocycles. The summed E-state index contributed by atoms with van der Waals surface area (Å²) in [7, 11) is -2.52. The van der Waals surface area contributed by atoms with Gasteiger partial charge in [0.2, 0.25) is 10.0 Å². The molecule has 178 valence electrons. The number of benzene rings is 3. The molecule has 1 aliphatic rings. The van der Waals surface area contributed by atoms with Gasteiger partial charge in [0.05, 0.1) is 10.5 Å². The average molecular weight is 493 g/mol. The smallest absolute Gasteiger partial charge is 0.338 e. The van der Waals surface area contributed by atoms with Gasteiger partial charge in [-0.1, -0.05) is 30.3 Å². The third-order valence-corrected chi connectivity index (χ3v) is 6.91. The number of hydrogen-bond acceptors (Lipinski definition) is 7. The van der Waals surface area contributed by atoms with E-state index in [-0.39, 0.29) is 38.8 Å². The molecule has 0 spiro atoms. The van der Waals surface area contributed by atoms with Gasteiger partial charge in [-0.15, -0.1) is 0 Å². The molecule has 35 heavy (non-hydrogen) atoms. The van der Waals surface area contributed by atoms with E-state index in [1.54, 1.807) is 24.3 Å². The highest BCUT2D eigenvalue weighted by atomic mass is 32.2. The Balaban J connectivity index is 1.48. The Morgan fingerprint density at radius 2 is 1.46 bits per heavy atom. The molecule has 0 aromatic heterocycles. The fourth-order valence-electron chi connectivity index (χ4n) is 3.61. The Morgan fingerprint density at radius 1 is 0.829 bits per heavy atom. The number of ether oxygens (including phenoxy) is 1. The summed E-state index contributed by atoms with van der Waals surface area (Å²) < 4.78 is 31.2. The van der Waals surface area contributed by atoms with Crippen LogP contribution in [-0.2, 0) is 19.6 Å². The van der Waals surface area contributed by atoms with Crippen LogP contribution in [0, 0.1) is 0 Å². The fraction of sp³-hybridized carbons (Fsp3) is 0.120. The zero-order valence-electron chi connectivity index (χ0n) is 18.7. The number of carbonyl (C=O) groups is 4. The molecular formula is C25H20N2O7S. The van der Waals surface area contributed by atoms with Crippen LogP contribution in [0.2, 0.25) is 0 Å². The standard InChI is InChI=1S/C25H20N2O7S/c1-14(34-25(31)15-6-5-7-17(12-15)35(32,33)26-2)24(30)27-16-10-11-20-21(13-16)23(29)19-9-4-3-8-18(19)22(20)28/h3-14,26H,1-2H3,(H,27,30)/t14-/m0/s1. The topological polar surface area (TPSA) is 136 Å². The molecule has 0 aliphatic heterocycles. The van der Waals surface area contributed by atoms with Gasteiger partial charge in [-0.05, 0) is 50.4 Å². The van der Waals surface area contributed by atoms with Crippen LogP contribution in [0.4, 0.5) is 5.69 Å². The minimum absolute atomic E-state index is 0.0440. The number of esters is 1. The van der Waals surface area contributed by atoms with Crippen molar-refractivity contribution in [3.05, 3.63) is 94.5 Å². The summed E-state index contributed by atoms with van der Waals surface area (Å²) in [6.45, 7) is 1.35. The van der Waals surface area contributed by atoms with E-state index < -0.39 is 28.0 Å². The Kier molecular flexibility index (Phi) is 6.33. The second-order valence-corrected chi connectivity index (χ2v) is 9.62. The van der Waals surface area contributed by atoms with Crippen LogP contribution in [0.1, 0.15) is 49.1 Å². The van der Waals surface area contributed by atoms with Crippen molar-refractivity contribution >= 4 is 39.2 Å². The van der Waals surface area contributed by atoms with Gasteiger partial charge in [-0.3, -0.25) is 14.4 Å². The largest absolute Gasteiger partial charge is 0.449 e. The van der Waals surface area contributed by atoms with Crippen molar-refractivity contribution in [3.63, 3.8) is 0 Å². The summed E-state index contributed by atoms with van der Waals surface area (Å²) in [6.07, 6.45) is -1.24. The van der Waals surface area contributed by atoms with E-state index in [4.69, 9.17) is 4.74 Å². The monoisotopic (exact) mass is 492 g/mol. The first-order valence-electron chi connectivity index (χ1n) is 10.5. The van der Waals surface area contributed by atoms with Gasteiger partial charge in [-0.25, -0.2) is 17.9 Å². The highest BCUT2D eigenvalue weighted by molar-refractivity contribution is 7.89. The first-order chi connectivity index (χ1) is 16.6. The molecule has 0 unspecified atom stereocenters. The lowest BCUT2D eigenvalue weighted by molar-refractivity contribution is -0.123. The molecule has 1 atom stereocenters. The molecular weight excluding hydrogens is 472 g/mol. The maximum atomic E-state index is 12.9. The minimum atomic E-state index is -3.76. The number of nitrogens with one attached hydrogen (secondary N) is 2. The van der Waals surface area contributed by atoms with Crippen molar-refractivity contribution < 1.29 is 32.3 Å². The van der Waals surface area contributed by atoms with Crippen molar-refractivity contribution in [1.29, 1.82) is 0 Å². The van der Waals surface area contributed by atoms with E-state index in [1.807, 2.05) is 0 Å². The Hall–Kier alpha value is -4.15. The molecule has 0 fully saturated rings. The Labute approximate surface area is 201 Å². The van der Waals surface area contributed by atoms with Gasteiger partial charge < -0.3 is 10.1 Å². The predicted molar refractivity (Wildman–Crippen MR) is 126 cm³/mol. The van der Waals surface area contributed by atoms with E-state index >= 15 is 0 Å². The quantitative estimate of drug-likeness (QED) is 0.395. The van der Waals surface area contributed by atoms with Crippen LogP contribution in [0.25, 0.3) is 0 Å². The molecule has 3 aromatic rings. The third kappa shape index (κ3) is 4.61. The zero-order chi connectivity index (χ0) is 25.3. The highest BCUT2D eigenvalue weighted by Gasteiger charge is 2.30. The Morgan fingerprint density at radius 3 is 2.11 bits per heavy atom. The van der Waals surface area contributed by atoms with Crippen molar-refractivity contribution in [2.45, 2.75) is 17.9 Å². The van der Waals surface area contributed by atoms with E-state index in [0.717, 1.165) is 6.07 Å². The summed E-state index contributed by atoms with van der Waals surface area (Å²) in [4.78, 5) is 50.5. The lowest BCUT2D eigenvalue weighted by Gasteiger charge is -2.19. The van der Waals surface area contributed by atoms with Crippen LogP contribution in [0.15, 0.2) is 71.6 Å². The fourth-order valence-corrected chi connectivity index (χ4v) is 4.39. The summed E-state index contributed by atoms with van der Waals surface area (Å²) >= 11 is 0. The van der Waals surface area contributed by atoms with Gasteiger partial charge >= 0.3 is 5.97 Å². The minimum Gasteiger partial charge on any atom is -0.449 e. The molecule has 1 aliphatic carbocycles. The van der Waals surface area contributed by atoms with Gasteiger partial charge in [-0.2, -0.15) is 0 Å². The normalized spacial score (nSPS) is 13.4. The molecule has 0 heterocycles. The molecule has 2 N–H and O–H groups in total. The predicted octanol–water partition coefficient (Wildman–Crippen LogP) is 2.55. The number of fused-ring (bicyclic) bond motifs is 2. The number of carbonyl (C=O) groups excluding carboxylic acids is 4. The lowest BCUT2D eigenvalue weighted by Crippen LogP contribution is -2.30.